The molecule has 0 aliphatic heterocycles. The zero-order valence-electron chi connectivity index (χ0n) is 7.70. The predicted molar refractivity (Wildman–Crippen MR) is 45.3 cm³/mol. The van der Waals surface area contributed by atoms with Crippen LogP contribution >= 0.6 is 0 Å². The molecule has 13 heavy (non-hydrogen) atoms. The molecule has 1 rings (SSSR count). The molecule has 0 spiro atoms. The summed E-state index contributed by atoms with van der Waals surface area (Å²) in [5.41, 5.74) is 0.282. The fourth-order valence-electron chi connectivity index (χ4n) is 1.04. The number of carbonyl (C=O) groups excluding carboxylic acids is 1. The largest absolute Gasteiger partial charge is 1.00 e. The van der Waals surface area contributed by atoms with Crippen molar-refractivity contribution in [1.29, 1.82) is 0 Å². The topological polar surface area (TPSA) is 37.3 Å². The number of phenolic OH excluding ortho intramolecular Hbond substituents is 1. The van der Waals surface area contributed by atoms with Crippen molar-refractivity contribution in [2.24, 2.45) is 0 Å². The van der Waals surface area contributed by atoms with Crippen LogP contribution in [-0.2, 0) is 37.2 Å². The molecule has 0 amide bonds. The Morgan fingerprint density at radius 1 is 1.54 bits per heavy atom. The van der Waals surface area contributed by atoms with Crippen LogP contribution < -0.4 is 32.6 Å². The summed E-state index contributed by atoms with van der Waals surface area (Å²) < 4.78 is 3.11. The van der Waals surface area contributed by atoms with Crippen LogP contribution in [-0.4, -0.2) is 10.2 Å². The third kappa shape index (κ3) is 3.48. The van der Waals surface area contributed by atoms with Crippen LogP contribution in [0.25, 0.3) is 0 Å². The van der Waals surface area contributed by atoms with E-state index in [2.05, 4.69) is 17.1 Å². The van der Waals surface area contributed by atoms with E-state index in [0.29, 0.717) is 0 Å². The summed E-state index contributed by atoms with van der Waals surface area (Å²) in [4.78, 5) is 10.8. The van der Waals surface area contributed by atoms with Crippen LogP contribution in [0.1, 0.15) is 10.4 Å². The second-order valence-corrected chi connectivity index (χ2v) is 8.54. The average Bonchev–Trinajstić information content (AvgIpc) is 2.04. The summed E-state index contributed by atoms with van der Waals surface area (Å²) in [5, 5.41) is 9.05. The number of benzene rings is 1. The fourth-order valence-corrected chi connectivity index (χ4v) is 4.69. The Balaban J connectivity index is 0.00000144. The van der Waals surface area contributed by atoms with Crippen LogP contribution in [0.15, 0.2) is 18.2 Å². The first kappa shape index (κ1) is 13.8. The Labute approximate surface area is 117 Å². The molecule has 1 aromatic rings. The van der Waals surface area contributed by atoms with Gasteiger partial charge in [-0.25, -0.2) is 0 Å². The molecule has 0 saturated carbocycles. The number of phenols is 1. The predicted octanol–water partition coefficient (Wildman–Crippen LogP) is -2.16. The van der Waals surface area contributed by atoms with Crippen LogP contribution in [0.2, 0.25) is 4.43 Å². The van der Waals surface area contributed by atoms with E-state index < -0.39 is 29.7 Å². The summed E-state index contributed by atoms with van der Waals surface area (Å²) in [7, 11) is 0. The molecule has 0 aromatic heterocycles. The van der Waals surface area contributed by atoms with Gasteiger partial charge in [0.05, 0.1) is 0 Å². The number of hydrogen-bond donors (Lipinski definition) is 1. The van der Waals surface area contributed by atoms with Crippen LogP contribution in [0.3, 0.4) is 0 Å². The first-order chi connectivity index (χ1) is 5.66. The van der Waals surface area contributed by atoms with E-state index in [-0.39, 0.29) is 40.9 Å². The molecule has 2 nitrogen and oxygen atoms in total. The van der Waals surface area contributed by atoms with Crippen molar-refractivity contribution in [3.05, 3.63) is 23.8 Å². The van der Waals surface area contributed by atoms with Crippen LogP contribution in [0, 0.1) is 0 Å². The van der Waals surface area contributed by atoms with Gasteiger partial charge in [0.2, 0.25) is 0 Å². The number of carbonyl (C=O) groups is 1. The Morgan fingerprint density at radius 3 is 2.62 bits per heavy atom. The third-order valence-electron chi connectivity index (χ3n) is 1.72. The smallest absolute Gasteiger partial charge is 1.00 e. The number of aromatic hydroxyl groups is 1. The maximum absolute atomic E-state index is 10.8. The number of hydrogen-bond acceptors (Lipinski definition) is 3. The summed E-state index contributed by atoms with van der Waals surface area (Å²) in [6.07, 6.45) is 0. The maximum atomic E-state index is 10.8. The van der Waals surface area contributed by atoms with Crippen molar-refractivity contribution in [2.75, 3.05) is 0 Å². The van der Waals surface area contributed by atoms with Gasteiger partial charge in [0, 0.05) is 0 Å². The SMILES string of the molecule is [CH3][Hg][c]1cccc(C(=O)[S-])c1O.[Na+]. The Kier molecular flexibility index (Phi) is 6.76. The van der Waals surface area contributed by atoms with Crippen molar-refractivity contribution in [3.63, 3.8) is 0 Å². The summed E-state index contributed by atoms with van der Waals surface area (Å²) in [6.45, 7) is 0. The van der Waals surface area contributed by atoms with Crippen LogP contribution in [0.5, 0.6) is 5.75 Å². The van der Waals surface area contributed by atoms with E-state index in [0.717, 1.165) is 3.07 Å². The van der Waals surface area contributed by atoms with E-state index in [1.54, 1.807) is 12.1 Å². The van der Waals surface area contributed by atoms with Gasteiger partial charge in [-0.15, -0.1) is 0 Å². The van der Waals surface area contributed by atoms with E-state index in [4.69, 9.17) is 0 Å². The molecule has 1 aromatic carbocycles. The normalized spacial score (nSPS) is 8.38. The summed E-state index contributed by atoms with van der Waals surface area (Å²) in [5.74, 6) is 0.127. The van der Waals surface area contributed by atoms with Crippen molar-refractivity contribution >= 4 is 20.8 Å². The summed E-state index contributed by atoms with van der Waals surface area (Å²) >= 11 is 3.34. The monoisotopic (exact) mass is 392 g/mol. The first-order valence-corrected chi connectivity index (χ1v) is 12.3. The minimum Gasteiger partial charge on any atom is 1.00 e. The standard InChI is InChI=1S/C7H5O2S.CH3.Hg.Na/c8-6-4-2-1-3-5(6)7(9)10;;;/h1-3,8H,(H,9,10);1H3;;/q;;;+1/p-1. The number of para-hydroxylation sites is 1. The van der Waals surface area contributed by atoms with Gasteiger partial charge < -0.3 is 0 Å². The summed E-state index contributed by atoms with van der Waals surface area (Å²) in [6, 6.07) is 5.22. The molecular formula is C8H7HgNaO2S. The maximum Gasteiger partial charge on any atom is 1.00 e. The van der Waals surface area contributed by atoms with Gasteiger partial charge in [0.25, 0.3) is 0 Å². The molecule has 0 fully saturated rings. The van der Waals surface area contributed by atoms with Gasteiger partial charge in [-0.3, -0.25) is 0 Å². The molecule has 0 bridgehead atoms. The average molecular weight is 391 g/mol. The zero-order valence-corrected chi connectivity index (χ0v) is 16.0. The van der Waals surface area contributed by atoms with Gasteiger partial charge in [0.1, 0.15) is 0 Å². The molecule has 0 radical (unpaired) electrons. The molecule has 1 N–H and O–H groups in total. The van der Waals surface area contributed by atoms with Gasteiger partial charge in [-0.1, -0.05) is 0 Å². The molecule has 0 atom stereocenters. The first-order valence-electron chi connectivity index (χ1n) is 3.69. The van der Waals surface area contributed by atoms with E-state index in [9.17, 15) is 9.90 Å². The molecule has 0 unspecified atom stereocenters. The Bertz CT molecular complexity index is 317. The van der Waals surface area contributed by atoms with Gasteiger partial charge in [0.15, 0.2) is 0 Å². The van der Waals surface area contributed by atoms with Gasteiger partial charge in [-0.2, -0.15) is 0 Å². The molecular weight excluding hydrogens is 384 g/mol. The Hall–Kier alpha value is 0.845. The van der Waals surface area contributed by atoms with E-state index in [1.165, 1.54) is 0 Å². The molecule has 0 aliphatic carbocycles. The van der Waals surface area contributed by atoms with Crippen molar-refractivity contribution in [3.8, 4) is 5.75 Å². The van der Waals surface area contributed by atoms with Crippen LogP contribution in [0.4, 0.5) is 0 Å². The quantitative estimate of drug-likeness (QED) is 0.462. The molecule has 60 valence electrons. The molecule has 0 saturated heterocycles. The fraction of sp³-hybridized carbons (Fsp3) is 0.125. The van der Waals surface area contributed by atoms with Gasteiger partial charge in [-0.05, 0) is 0 Å². The second-order valence-electron chi connectivity index (χ2n) is 2.45. The van der Waals surface area contributed by atoms with Crippen molar-refractivity contribution in [1.82, 2.24) is 0 Å². The number of rotatable bonds is 2. The third-order valence-corrected chi connectivity index (χ3v) is 7.12. The van der Waals surface area contributed by atoms with Crippen molar-refractivity contribution < 1.29 is 64.0 Å². The molecule has 0 aliphatic rings. The minimum absolute atomic E-state index is 0. The van der Waals surface area contributed by atoms with Crippen molar-refractivity contribution in [2.45, 2.75) is 4.43 Å². The molecule has 0 heterocycles. The van der Waals surface area contributed by atoms with E-state index >= 15 is 0 Å². The second kappa shape index (κ2) is 6.35. The Morgan fingerprint density at radius 2 is 2.15 bits per heavy atom. The van der Waals surface area contributed by atoms with E-state index in [1.807, 2.05) is 6.07 Å². The zero-order chi connectivity index (χ0) is 9.14. The minimum atomic E-state index is -1.12. The molecule has 5 heteroatoms. The van der Waals surface area contributed by atoms with Gasteiger partial charge >= 0.3 is 119 Å².